The molecule has 2 rings (SSSR count). The molecular weight excluding hydrogens is 198 g/mol. The topological polar surface area (TPSA) is 41.3 Å². The zero-order valence-electron chi connectivity index (χ0n) is 11.0. The molecule has 1 aliphatic carbocycles. The summed E-state index contributed by atoms with van der Waals surface area (Å²) in [6.45, 7) is 10.1. The third-order valence-electron chi connectivity index (χ3n) is 4.02. The highest BCUT2D eigenvalue weighted by Crippen LogP contribution is 2.29. The highest BCUT2D eigenvalue weighted by Gasteiger charge is 2.34. The standard InChI is InChI=1S/C13H27N3/c1-13(2,3)12(14)8-15-10-6-7-16(9-10)11-4-5-11/h10-12,15H,4-9,14H2,1-3H3. The van der Waals surface area contributed by atoms with Crippen molar-refractivity contribution in [2.24, 2.45) is 11.1 Å². The lowest BCUT2D eigenvalue weighted by Crippen LogP contribution is -2.47. The Labute approximate surface area is 99.8 Å². The Balaban J connectivity index is 1.67. The molecule has 3 heteroatoms. The van der Waals surface area contributed by atoms with Crippen LogP contribution in [0.1, 0.15) is 40.0 Å². The zero-order valence-corrected chi connectivity index (χ0v) is 11.0. The first-order chi connectivity index (χ1) is 7.47. The third kappa shape index (κ3) is 3.19. The Morgan fingerprint density at radius 2 is 2.00 bits per heavy atom. The van der Waals surface area contributed by atoms with Crippen LogP contribution in [-0.2, 0) is 0 Å². The predicted molar refractivity (Wildman–Crippen MR) is 68.4 cm³/mol. The third-order valence-corrected chi connectivity index (χ3v) is 4.02. The van der Waals surface area contributed by atoms with Crippen molar-refractivity contribution in [2.75, 3.05) is 19.6 Å². The van der Waals surface area contributed by atoms with Crippen molar-refractivity contribution in [3.63, 3.8) is 0 Å². The van der Waals surface area contributed by atoms with Gasteiger partial charge in [0.25, 0.3) is 0 Å². The lowest BCUT2D eigenvalue weighted by molar-refractivity contribution is 0.289. The lowest BCUT2D eigenvalue weighted by Gasteiger charge is -2.28. The summed E-state index contributed by atoms with van der Waals surface area (Å²) >= 11 is 0. The van der Waals surface area contributed by atoms with Crippen LogP contribution < -0.4 is 11.1 Å². The molecule has 1 saturated heterocycles. The first-order valence-electron chi connectivity index (χ1n) is 6.70. The fraction of sp³-hybridized carbons (Fsp3) is 1.00. The summed E-state index contributed by atoms with van der Waals surface area (Å²) in [4.78, 5) is 2.64. The van der Waals surface area contributed by atoms with E-state index >= 15 is 0 Å². The number of hydrogen-bond acceptors (Lipinski definition) is 3. The molecule has 0 aromatic heterocycles. The Morgan fingerprint density at radius 3 is 2.56 bits per heavy atom. The molecule has 2 fully saturated rings. The Kier molecular flexibility index (Phi) is 3.57. The molecule has 0 bridgehead atoms. The van der Waals surface area contributed by atoms with Crippen molar-refractivity contribution in [3.8, 4) is 0 Å². The molecule has 2 atom stereocenters. The summed E-state index contributed by atoms with van der Waals surface area (Å²) in [5, 5.41) is 3.63. The maximum atomic E-state index is 6.16. The second-order valence-corrected chi connectivity index (χ2v) is 6.59. The highest BCUT2D eigenvalue weighted by molar-refractivity contribution is 4.92. The summed E-state index contributed by atoms with van der Waals surface area (Å²) < 4.78 is 0. The Morgan fingerprint density at radius 1 is 1.31 bits per heavy atom. The maximum Gasteiger partial charge on any atom is 0.0214 e. The second kappa shape index (κ2) is 4.63. The van der Waals surface area contributed by atoms with E-state index in [0.717, 1.165) is 12.6 Å². The molecule has 0 aromatic rings. The van der Waals surface area contributed by atoms with Crippen LogP contribution in [0.3, 0.4) is 0 Å². The molecule has 2 unspecified atom stereocenters. The van der Waals surface area contributed by atoms with Gasteiger partial charge in [0.1, 0.15) is 0 Å². The molecule has 3 nitrogen and oxygen atoms in total. The van der Waals surface area contributed by atoms with Crippen LogP contribution >= 0.6 is 0 Å². The van der Waals surface area contributed by atoms with E-state index in [4.69, 9.17) is 5.73 Å². The lowest BCUT2D eigenvalue weighted by atomic mass is 9.87. The normalized spacial score (nSPS) is 29.6. The number of nitrogens with zero attached hydrogens (tertiary/aromatic N) is 1. The van der Waals surface area contributed by atoms with E-state index in [0.29, 0.717) is 6.04 Å². The molecular formula is C13H27N3. The highest BCUT2D eigenvalue weighted by atomic mass is 15.2. The van der Waals surface area contributed by atoms with E-state index in [1.807, 2.05) is 0 Å². The molecule has 94 valence electrons. The first kappa shape index (κ1) is 12.3. The van der Waals surface area contributed by atoms with Gasteiger partial charge in [0, 0.05) is 37.8 Å². The van der Waals surface area contributed by atoms with E-state index < -0.39 is 0 Å². The average molecular weight is 225 g/mol. The number of nitrogens with one attached hydrogen (secondary N) is 1. The molecule has 0 radical (unpaired) electrons. The van der Waals surface area contributed by atoms with Crippen LogP contribution in [0.2, 0.25) is 0 Å². The SMILES string of the molecule is CC(C)(C)C(N)CNC1CCN(C2CC2)C1. The summed E-state index contributed by atoms with van der Waals surface area (Å²) in [6, 6.07) is 1.85. The molecule has 0 aromatic carbocycles. The second-order valence-electron chi connectivity index (χ2n) is 6.59. The number of nitrogens with two attached hydrogens (primary N) is 1. The Bertz CT molecular complexity index is 230. The van der Waals surface area contributed by atoms with E-state index in [1.54, 1.807) is 0 Å². The minimum atomic E-state index is 0.210. The van der Waals surface area contributed by atoms with E-state index in [-0.39, 0.29) is 11.5 Å². The van der Waals surface area contributed by atoms with Crippen LogP contribution in [0.5, 0.6) is 0 Å². The minimum Gasteiger partial charge on any atom is -0.326 e. The van der Waals surface area contributed by atoms with Crippen LogP contribution in [0, 0.1) is 5.41 Å². The monoisotopic (exact) mass is 225 g/mol. The molecule has 0 amide bonds. The molecule has 1 heterocycles. The van der Waals surface area contributed by atoms with Gasteiger partial charge < -0.3 is 11.1 Å². The van der Waals surface area contributed by atoms with Crippen LogP contribution in [-0.4, -0.2) is 42.7 Å². The van der Waals surface area contributed by atoms with Crippen LogP contribution in [0.25, 0.3) is 0 Å². The first-order valence-corrected chi connectivity index (χ1v) is 6.70. The number of likely N-dealkylation sites (tertiary alicyclic amines) is 1. The smallest absolute Gasteiger partial charge is 0.0214 e. The van der Waals surface area contributed by atoms with Gasteiger partial charge in [-0.1, -0.05) is 20.8 Å². The molecule has 2 aliphatic rings. The van der Waals surface area contributed by atoms with Gasteiger partial charge in [0.15, 0.2) is 0 Å². The van der Waals surface area contributed by atoms with E-state index in [9.17, 15) is 0 Å². The van der Waals surface area contributed by atoms with Crippen molar-refractivity contribution < 1.29 is 0 Å². The van der Waals surface area contributed by atoms with Gasteiger partial charge in [0.05, 0.1) is 0 Å². The summed E-state index contributed by atoms with van der Waals surface area (Å²) in [5.74, 6) is 0. The van der Waals surface area contributed by atoms with Crippen molar-refractivity contribution in [1.29, 1.82) is 0 Å². The van der Waals surface area contributed by atoms with Crippen LogP contribution in [0.15, 0.2) is 0 Å². The predicted octanol–water partition coefficient (Wildman–Crippen LogP) is 1.19. The van der Waals surface area contributed by atoms with Crippen molar-refractivity contribution in [2.45, 2.75) is 58.2 Å². The molecule has 0 spiro atoms. The molecule has 16 heavy (non-hydrogen) atoms. The summed E-state index contributed by atoms with van der Waals surface area (Å²) in [7, 11) is 0. The largest absolute Gasteiger partial charge is 0.326 e. The number of rotatable bonds is 4. The van der Waals surface area contributed by atoms with Gasteiger partial charge >= 0.3 is 0 Å². The van der Waals surface area contributed by atoms with Gasteiger partial charge in [-0.05, 0) is 24.7 Å². The van der Waals surface area contributed by atoms with Gasteiger partial charge in [-0.2, -0.15) is 0 Å². The van der Waals surface area contributed by atoms with Crippen LogP contribution in [0.4, 0.5) is 0 Å². The fourth-order valence-corrected chi connectivity index (χ4v) is 2.33. The maximum absolute atomic E-state index is 6.16. The molecule has 1 aliphatic heterocycles. The average Bonchev–Trinajstić information content (AvgIpc) is 2.94. The summed E-state index contributed by atoms with van der Waals surface area (Å²) in [6.07, 6.45) is 4.15. The van der Waals surface area contributed by atoms with Crippen molar-refractivity contribution in [3.05, 3.63) is 0 Å². The van der Waals surface area contributed by atoms with Crippen molar-refractivity contribution >= 4 is 0 Å². The van der Waals surface area contributed by atoms with Gasteiger partial charge in [-0.15, -0.1) is 0 Å². The quantitative estimate of drug-likeness (QED) is 0.755. The van der Waals surface area contributed by atoms with Gasteiger partial charge in [-0.3, -0.25) is 4.90 Å². The van der Waals surface area contributed by atoms with E-state index in [1.165, 1.54) is 32.4 Å². The van der Waals surface area contributed by atoms with E-state index in [2.05, 4.69) is 31.0 Å². The van der Waals surface area contributed by atoms with Crippen molar-refractivity contribution in [1.82, 2.24) is 10.2 Å². The van der Waals surface area contributed by atoms with Gasteiger partial charge in [0.2, 0.25) is 0 Å². The number of hydrogen-bond donors (Lipinski definition) is 2. The Hall–Kier alpha value is -0.120. The minimum absolute atomic E-state index is 0.210. The molecule has 3 N–H and O–H groups in total. The summed E-state index contributed by atoms with van der Waals surface area (Å²) in [5.41, 5.74) is 6.37. The fourth-order valence-electron chi connectivity index (χ4n) is 2.33. The zero-order chi connectivity index (χ0) is 11.8. The van der Waals surface area contributed by atoms with Gasteiger partial charge in [-0.25, -0.2) is 0 Å². The molecule has 1 saturated carbocycles.